The van der Waals surface area contributed by atoms with Crippen molar-refractivity contribution in [3.05, 3.63) is 58.1 Å². The Hall–Kier alpha value is -1.70. The van der Waals surface area contributed by atoms with Gasteiger partial charge in [0.1, 0.15) is 0 Å². The molecule has 7 heteroatoms. The topological polar surface area (TPSA) is 66.5 Å². The molecule has 0 aliphatic carbocycles. The molecule has 1 aliphatic rings. The molecule has 1 N–H and O–H groups in total. The van der Waals surface area contributed by atoms with Gasteiger partial charge in [0.2, 0.25) is 15.9 Å². The van der Waals surface area contributed by atoms with Gasteiger partial charge in [0, 0.05) is 23.2 Å². The number of nitrogens with one attached hydrogen (secondary N) is 1. The quantitative estimate of drug-likeness (QED) is 0.761. The molecule has 5 nitrogen and oxygen atoms in total. The molecule has 1 unspecified atom stereocenters. The first-order valence-electron chi connectivity index (χ1n) is 8.91. The van der Waals surface area contributed by atoms with Crippen molar-refractivity contribution in [3.63, 3.8) is 0 Å². The molecular weight excluding hydrogens is 428 g/mol. The Balaban J connectivity index is 1.73. The van der Waals surface area contributed by atoms with Crippen molar-refractivity contribution in [1.82, 2.24) is 4.31 Å². The number of sulfonamides is 1. The summed E-state index contributed by atoms with van der Waals surface area (Å²) in [6.45, 7) is 4.49. The van der Waals surface area contributed by atoms with Gasteiger partial charge in [-0.3, -0.25) is 4.79 Å². The number of carbonyl (C=O) groups excluding carboxylic acids is 1. The van der Waals surface area contributed by atoms with Gasteiger partial charge in [-0.2, -0.15) is 4.31 Å². The first kappa shape index (κ1) is 20.0. The lowest BCUT2D eigenvalue weighted by molar-refractivity contribution is -0.120. The van der Waals surface area contributed by atoms with Crippen LogP contribution in [0.15, 0.2) is 51.8 Å². The molecule has 1 aliphatic heterocycles. The Bertz CT molecular complexity index is 942. The van der Waals surface area contributed by atoms with Gasteiger partial charge in [0.05, 0.1) is 10.8 Å². The van der Waals surface area contributed by atoms with E-state index in [1.54, 1.807) is 24.3 Å². The summed E-state index contributed by atoms with van der Waals surface area (Å²) >= 11 is 3.41. The van der Waals surface area contributed by atoms with Gasteiger partial charge in [-0.25, -0.2) is 8.42 Å². The maximum Gasteiger partial charge on any atom is 0.243 e. The number of aryl methyl sites for hydroxylation is 2. The highest BCUT2D eigenvalue weighted by Gasteiger charge is 2.33. The van der Waals surface area contributed by atoms with Gasteiger partial charge in [0.25, 0.3) is 0 Å². The minimum absolute atomic E-state index is 0.135. The number of benzene rings is 2. The number of halogens is 1. The summed E-state index contributed by atoms with van der Waals surface area (Å²) in [7, 11) is -3.58. The molecule has 1 amide bonds. The van der Waals surface area contributed by atoms with E-state index in [-0.39, 0.29) is 23.3 Å². The van der Waals surface area contributed by atoms with Crippen molar-refractivity contribution in [2.75, 3.05) is 18.4 Å². The van der Waals surface area contributed by atoms with E-state index in [1.807, 2.05) is 32.0 Å². The third kappa shape index (κ3) is 4.59. The number of nitrogens with zero attached hydrogens (tertiary/aromatic N) is 1. The predicted octanol–water partition coefficient (Wildman–Crippen LogP) is 4.11. The van der Waals surface area contributed by atoms with E-state index >= 15 is 0 Å². The lowest BCUT2D eigenvalue weighted by Gasteiger charge is -2.31. The summed E-state index contributed by atoms with van der Waals surface area (Å²) in [5.41, 5.74) is 2.72. The Labute approximate surface area is 169 Å². The SMILES string of the molecule is Cc1ccc(S(=O)(=O)N2CCCC(C(=O)Nc3ccc(Br)cc3C)C2)cc1. The van der Waals surface area contributed by atoms with E-state index in [0.29, 0.717) is 19.4 Å². The standard InChI is InChI=1S/C20H23BrN2O3S/c1-14-5-8-18(9-6-14)27(25,26)23-11-3-4-16(13-23)20(24)22-19-10-7-17(21)12-15(19)2/h5-10,12,16H,3-4,11,13H2,1-2H3,(H,22,24). The maximum absolute atomic E-state index is 12.9. The van der Waals surface area contributed by atoms with Crippen molar-refractivity contribution in [3.8, 4) is 0 Å². The highest BCUT2D eigenvalue weighted by Crippen LogP contribution is 2.26. The minimum atomic E-state index is -3.58. The van der Waals surface area contributed by atoms with Gasteiger partial charge in [-0.05, 0) is 62.6 Å². The zero-order valence-corrected chi connectivity index (χ0v) is 17.8. The molecule has 2 aromatic carbocycles. The monoisotopic (exact) mass is 450 g/mol. The third-order valence-electron chi connectivity index (χ3n) is 4.86. The van der Waals surface area contributed by atoms with E-state index in [0.717, 1.165) is 21.3 Å². The molecule has 2 aromatic rings. The number of amides is 1. The molecule has 1 fully saturated rings. The minimum Gasteiger partial charge on any atom is -0.326 e. The molecule has 0 aromatic heterocycles. The second-order valence-electron chi connectivity index (χ2n) is 6.96. The average Bonchev–Trinajstić information content (AvgIpc) is 2.64. The first-order chi connectivity index (χ1) is 12.8. The summed E-state index contributed by atoms with van der Waals surface area (Å²) in [6.07, 6.45) is 1.35. The van der Waals surface area contributed by atoms with Crippen molar-refractivity contribution >= 4 is 37.5 Å². The molecular formula is C20H23BrN2O3S. The van der Waals surface area contributed by atoms with Gasteiger partial charge in [-0.1, -0.05) is 33.6 Å². The molecule has 1 saturated heterocycles. The molecule has 0 saturated carbocycles. The van der Waals surface area contributed by atoms with Crippen LogP contribution in [0.3, 0.4) is 0 Å². The van der Waals surface area contributed by atoms with Gasteiger partial charge >= 0.3 is 0 Å². The fraction of sp³-hybridized carbons (Fsp3) is 0.350. The van der Waals surface area contributed by atoms with E-state index in [4.69, 9.17) is 0 Å². The van der Waals surface area contributed by atoms with E-state index in [9.17, 15) is 13.2 Å². The zero-order valence-electron chi connectivity index (χ0n) is 15.4. The van der Waals surface area contributed by atoms with Crippen molar-refractivity contribution < 1.29 is 13.2 Å². The summed E-state index contributed by atoms with van der Waals surface area (Å²) in [5.74, 6) is -0.494. The highest BCUT2D eigenvalue weighted by atomic mass is 79.9. The van der Waals surface area contributed by atoms with Crippen LogP contribution in [0.4, 0.5) is 5.69 Å². The van der Waals surface area contributed by atoms with Crippen LogP contribution >= 0.6 is 15.9 Å². The lowest BCUT2D eigenvalue weighted by atomic mass is 9.98. The molecule has 1 heterocycles. The van der Waals surface area contributed by atoms with Crippen LogP contribution in [0.1, 0.15) is 24.0 Å². The predicted molar refractivity (Wildman–Crippen MR) is 110 cm³/mol. The van der Waals surface area contributed by atoms with Crippen LogP contribution in [0.5, 0.6) is 0 Å². The second-order valence-corrected chi connectivity index (χ2v) is 9.82. The van der Waals surface area contributed by atoms with Crippen LogP contribution in [0.25, 0.3) is 0 Å². The van der Waals surface area contributed by atoms with E-state index in [1.165, 1.54) is 4.31 Å². The normalized spacial score (nSPS) is 18.3. The van der Waals surface area contributed by atoms with Gasteiger partial charge in [0.15, 0.2) is 0 Å². The highest BCUT2D eigenvalue weighted by molar-refractivity contribution is 9.10. The first-order valence-corrected chi connectivity index (χ1v) is 11.1. The Morgan fingerprint density at radius 1 is 1.15 bits per heavy atom. The van der Waals surface area contributed by atoms with E-state index < -0.39 is 10.0 Å². The van der Waals surface area contributed by atoms with Crippen LogP contribution < -0.4 is 5.32 Å². The zero-order chi connectivity index (χ0) is 19.6. The molecule has 144 valence electrons. The number of hydrogen-bond acceptors (Lipinski definition) is 3. The van der Waals surface area contributed by atoms with Crippen LogP contribution in [-0.2, 0) is 14.8 Å². The van der Waals surface area contributed by atoms with Gasteiger partial charge in [-0.15, -0.1) is 0 Å². The Morgan fingerprint density at radius 3 is 2.52 bits per heavy atom. The van der Waals surface area contributed by atoms with Crippen LogP contribution in [-0.4, -0.2) is 31.7 Å². The maximum atomic E-state index is 12.9. The number of carbonyl (C=O) groups is 1. The molecule has 27 heavy (non-hydrogen) atoms. The van der Waals surface area contributed by atoms with Crippen molar-refractivity contribution in [1.29, 1.82) is 0 Å². The van der Waals surface area contributed by atoms with Gasteiger partial charge < -0.3 is 5.32 Å². The average molecular weight is 451 g/mol. The largest absolute Gasteiger partial charge is 0.326 e. The summed E-state index contributed by atoms with van der Waals surface area (Å²) in [4.78, 5) is 13.0. The summed E-state index contributed by atoms with van der Waals surface area (Å²) in [6, 6.07) is 12.5. The molecule has 1 atom stereocenters. The smallest absolute Gasteiger partial charge is 0.243 e. The second kappa shape index (κ2) is 8.12. The fourth-order valence-electron chi connectivity index (χ4n) is 3.24. The number of anilines is 1. The fourth-order valence-corrected chi connectivity index (χ4v) is 5.24. The lowest BCUT2D eigenvalue weighted by Crippen LogP contribution is -2.43. The summed E-state index contributed by atoms with van der Waals surface area (Å²) < 4.78 is 28.2. The van der Waals surface area contributed by atoms with Crippen LogP contribution in [0, 0.1) is 19.8 Å². The Morgan fingerprint density at radius 2 is 1.85 bits per heavy atom. The molecule has 0 spiro atoms. The number of rotatable bonds is 4. The van der Waals surface area contributed by atoms with E-state index in [2.05, 4.69) is 21.2 Å². The van der Waals surface area contributed by atoms with Crippen molar-refractivity contribution in [2.24, 2.45) is 5.92 Å². The summed E-state index contributed by atoms with van der Waals surface area (Å²) in [5, 5.41) is 2.95. The Kier molecular flexibility index (Phi) is 6.03. The van der Waals surface area contributed by atoms with Crippen molar-refractivity contribution in [2.45, 2.75) is 31.6 Å². The number of hydrogen-bond donors (Lipinski definition) is 1. The molecule has 0 bridgehead atoms. The number of piperidine rings is 1. The molecule has 0 radical (unpaired) electrons. The molecule has 3 rings (SSSR count). The van der Waals surface area contributed by atoms with Crippen LogP contribution in [0.2, 0.25) is 0 Å². The third-order valence-corrected chi connectivity index (χ3v) is 7.23.